The molecule has 1 aliphatic rings. The summed E-state index contributed by atoms with van der Waals surface area (Å²) in [4.78, 5) is 18.9. The van der Waals surface area contributed by atoms with Crippen LogP contribution < -0.4 is 15.1 Å². The van der Waals surface area contributed by atoms with Gasteiger partial charge in [0.2, 0.25) is 0 Å². The maximum Gasteiger partial charge on any atom is 0.251 e. The monoisotopic (exact) mass is 370 g/mol. The number of nitrogens with one attached hydrogen (secondary N) is 1. The summed E-state index contributed by atoms with van der Waals surface area (Å²) in [6, 6.07) is 14.3. The van der Waals surface area contributed by atoms with Crippen molar-refractivity contribution in [3.05, 3.63) is 59.9 Å². The van der Waals surface area contributed by atoms with E-state index in [2.05, 4.69) is 15.1 Å². The number of carbonyl (C=O) groups is 1. The van der Waals surface area contributed by atoms with Crippen LogP contribution in [0.4, 0.5) is 15.8 Å². The SMILES string of the molecule is CN(C)c1cccc(C(=O)NCCN2CCN(c3ccc(F)cc3)CC2)c1. The number of hydrogen-bond donors (Lipinski definition) is 1. The molecule has 5 nitrogen and oxygen atoms in total. The number of benzene rings is 2. The fourth-order valence-corrected chi connectivity index (χ4v) is 3.24. The highest BCUT2D eigenvalue weighted by molar-refractivity contribution is 5.95. The first-order valence-corrected chi connectivity index (χ1v) is 9.31. The fraction of sp³-hybridized carbons (Fsp3) is 0.381. The minimum absolute atomic E-state index is 0.0383. The number of halogens is 1. The third-order valence-corrected chi connectivity index (χ3v) is 4.90. The summed E-state index contributed by atoms with van der Waals surface area (Å²) >= 11 is 0. The topological polar surface area (TPSA) is 38.8 Å². The van der Waals surface area contributed by atoms with Gasteiger partial charge in [-0.25, -0.2) is 4.39 Å². The van der Waals surface area contributed by atoms with Crippen LogP contribution in [0.25, 0.3) is 0 Å². The Morgan fingerprint density at radius 3 is 2.44 bits per heavy atom. The summed E-state index contributed by atoms with van der Waals surface area (Å²) in [5.41, 5.74) is 2.76. The van der Waals surface area contributed by atoms with E-state index in [1.165, 1.54) is 12.1 Å². The second-order valence-corrected chi connectivity index (χ2v) is 7.01. The van der Waals surface area contributed by atoms with Crippen LogP contribution in [0, 0.1) is 5.82 Å². The highest BCUT2D eigenvalue weighted by Gasteiger charge is 2.17. The van der Waals surface area contributed by atoms with Gasteiger partial charge >= 0.3 is 0 Å². The van der Waals surface area contributed by atoms with Gasteiger partial charge in [0.25, 0.3) is 5.91 Å². The minimum Gasteiger partial charge on any atom is -0.378 e. The molecule has 0 saturated carbocycles. The largest absolute Gasteiger partial charge is 0.378 e. The highest BCUT2D eigenvalue weighted by Crippen LogP contribution is 2.17. The van der Waals surface area contributed by atoms with E-state index in [1.807, 2.05) is 55.4 Å². The molecule has 1 N–H and O–H groups in total. The Hall–Kier alpha value is -2.60. The van der Waals surface area contributed by atoms with Crippen LogP contribution in [-0.2, 0) is 0 Å². The molecule has 1 fully saturated rings. The van der Waals surface area contributed by atoms with E-state index in [1.54, 1.807) is 0 Å². The van der Waals surface area contributed by atoms with Crippen LogP contribution in [0.1, 0.15) is 10.4 Å². The lowest BCUT2D eigenvalue weighted by atomic mass is 10.2. The van der Waals surface area contributed by atoms with Gasteiger partial charge in [-0.1, -0.05) is 6.07 Å². The molecule has 0 spiro atoms. The lowest BCUT2D eigenvalue weighted by Crippen LogP contribution is -2.48. The second kappa shape index (κ2) is 8.86. The molecule has 144 valence electrons. The molecule has 1 heterocycles. The van der Waals surface area contributed by atoms with Crippen LogP contribution in [0.5, 0.6) is 0 Å². The number of piperazine rings is 1. The predicted molar refractivity (Wildman–Crippen MR) is 108 cm³/mol. The van der Waals surface area contributed by atoms with E-state index in [-0.39, 0.29) is 11.7 Å². The first-order valence-electron chi connectivity index (χ1n) is 9.31. The van der Waals surface area contributed by atoms with E-state index < -0.39 is 0 Å². The van der Waals surface area contributed by atoms with Crippen molar-refractivity contribution in [1.82, 2.24) is 10.2 Å². The quantitative estimate of drug-likeness (QED) is 0.848. The van der Waals surface area contributed by atoms with E-state index in [9.17, 15) is 9.18 Å². The zero-order valence-electron chi connectivity index (χ0n) is 16.0. The van der Waals surface area contributed by atoms with Crippen LogP contribution in [0.2, 0.25) is 0 Å². The number of amides is 1. The van der Waals surface area contributed by atoms with Crippen molar-refractivity contribution >= 4 is 17.3 Å². The summed E-state index contributed by atoms with van der Waals surface area (Å²) in [5, 5.41) is 3.01. The van der Waals surface area contributed by atoms with E-state index in [4.69, 9.17) is 0 Å². The Balaban J connectivity index is 1.42. The zero-order chi connectivity index (χ0) is 19.2. The average Bonchev–Trinajstić information content (AvgIpc) is 2.69. The molecule has 3 rings (SSSR count). The van der Waals surface area contributed by atoms with Gasteiger partial charge < -0.3 is 15.1 Å². The average molecular weight is 370 g/mol. The van der Waals surface area contributed by atoms with Crippen molar-refractivity contribution in [1.29, 1.82) is 0 Å². The molecular weight excluding hydrogens is 343 g/mol. The molecule has 27 heavy (non-hydrogen) atoms. The molecule has 6 heteroatoms. The molecule has 0 radical (unpaired) electrons. The third-order valence-electron chi connectivity index (χ3n) is 4.90. The van der Waals surface area contributed by atoms with Crippen molar-refractivity contribution in [3.8, 4) is 0 Å². The van der Waals surface area contributed by atoms with Crippen LogP contribution in [0.3, 0.4) is 0 Å². The lowest BCUT2D eigenvalue weighted by molar-refractivity contribution is 0.0948. The smallest absolute Gasteiger partial charge is 0.251 e. The van der Waals surface area contributed by atoms with E-state index in [0.717, 1.165) is 44.1 Å². The van der Waals surface area contributed by atoms with Gasteiger partial charge in [0.15, 0.2) is 0 Å². The highest BCUT2D eigenvalue weighted by atomic mass is 19.1. The van der Waals surface area contributed by atoms with Crippen LogP contribution in [-0.4, -0.2) is 64.2 Å². The summed E-state index contributed by atoms with van der Waals surface area (Å²) in [5.74, 6) is -0.243. The first-order chi connectivity index (χ1) is 13.0. The number of hydrogen-bond acceptors (Lipinski definition) is 4. The zero-order valence-corrected chi connectivity index (χ0v) is 16.0. The van der Waals surface area contributed by atoms with Crippen molar-refractivity contribution in [2.45, 2.75) is 0 Å². The molecule has 0 aromatic heterocycles. The van der Waals surface area contributed by atoms with E-state index >= 15 is 0 Å². The first kappa shape index (κ1) is 19.2. The maximum absolute atomic E-state index is 13.0. The summed E-state index contributed by atoms with van der Waals surface area (Å²) in [6.07, 6.45) is 0. The number of carbonyl (C=O) groups excluding carboxylic acids is 1. The number of rotatable bonds is 6. The summed E-state index contributed by atoms with van der Waals surface area (Å²) < 4.78 is 13.0. The Morgan fingerprint density at radius 2 is 1.78 bits per heavy atom. The van der Waals surface area contributed by atoms with Crippen molar-refractivity contribution in [3.63, 3.8) is 0 Å². The van der Waals surface area contributed by atoms with Gasteiger partial charge in [0.05, 0.1) is 0 Å². The van der Waals surface area contributed by atoms with E-state index in [0.29, 0.717) is 12.1 Å². The molecule has 0 aliphatic carbocycles. The normalized spacial score (nSPS) is 14.9. The number of anilines is 2. The van der Waals surface area contributed by atoms with Gasteiger partial charge in [-0.3, -0.25) is 9.69 Å². The summed E-state index contributed by atoms with van der Waals surface area (Å²) in [7, 11) is 3.92. The molecule has 1 amide bonds. The van der Waals surface area contributed by atoms with Gasteiger partial charge in [-0.2, -0.15) is 0 Å². The predicted octanol–water partition coefficient (Wildman–Crippen LogP) is 2.44. The summed E-state index contributed by atoms with van der Waals surface area (Å²) in [6.45, 7) is 5.14. The second-order valence-electron chi connectivity index (χ2n) is 7.01. The van der Waals surface area contributed by atoms with Gasteiger partial charge in [0, 0.05) is 70.3 Å². The van der Waals surface area contributed by atoms with Gasteiger partial charge in [0.1, 0.15) is 5.82 Å². The molecule has 0 atom stereocenters. The van der Waals surface area contributed by atoms with Crippen LogP contribution >= 0.6 is 0 Å². The molecule has 1 aliphatic heterocycles. The Labute approximate surface area is 160 Å². The fourth-order valence-electron chi connectivity index (χ4n) is 3.24. The molecule has 1 saturated heterocycles. The molecule has 2 aromatic rings. The van der Waals surface area contributed by atoms with Crippen LogP contribution in [0.15, 0.2) is 48.5 Å². The standard InChI is InChI=1S/C21H27FN4O/c1-24(2)20-5-3-4-17(16-20)21(27)23-10-11-25-12-14-26(15-13-25)19-8-6-18(22)7-9-19/h3-9,16H,10-15H2,1-2H3,(H,23,27). The Bertz CT molecular complexity index is 755. The van der Waals surface area contributed by atoms with Crippen molar-refractivity contribution in [2.24, 2.45) is 0 Å². The molecular formula is C21H27FN4O. The van der Waals surface area contributed by atoms with Gasteiger partial charge in [-0.15, -0.1) is 0 Å². The molecule has 0 unspecified atom stereocenters. The Morgan fingerprint density at radius 1 is 1.07 bits per heavy atom. The number of nitrogens with zero attached hydrogens (tertiary/aromatic N) is 3. The lowest BCUT2D eigenvalue weighted by Gasteiger charge is -2.36. The van der Waals surface area contributed by atoms with Crippen molar-refractivity contribution < 1.29 is 9.18 Å². The molecule has 0 bridgehead atoms. The third kappa shape index (κ3) is 5.20. The molecule has 2 aromatic carbocycles. The maximum atomic E-state index is 13.0. The van der Waals surface area contributed by atoms with Gasteiger partial charge in [-0.05, 0) is 42.5 Å². The van der Waals surface area contributed by atoms with Crippen molar-refractivity contribution in [2.75, 3.05) is 63.2 Å². The minimum atomic E-state index is -0.204. The Kier molecular flexibility index (Phi) is 6.29.